The predicted molar refractivity (Wildman–Crippen MR) is 206 cm³/mol. The van der Waals surface area contributed by atoms with Gasteiger partial charge >= 0.3 is 14.4 Å². The Labute approximate surface area is 293 Å². The summed E-state index contributed by atoms with van der Waals surface area (Å²) in [6, 6.07) is 12.2. The van der Waals surface area contributed by atoms with Crippen molar-refractivity contribution < 1.29 is 17.7 Å². The van der Waals surface area contributed by atoms with Crippen molar-refractivity contribution in [1.82, 2.24) is 4.57 Å². The van der Waals surface area contributed by atoms with Crippen LogP contribution in [0.25, 0.3) is 44.1 Å². The number of benzene rings is 1. The molecule has 10 heteroatoms. The van der Waals surface area contributed by atoms with Gasteiger partial charge in [0.2, 0.25) is 0 Å². The molecule has 4 heterocycles. The van der Waals surface area contributed by atoms with Crippen molar-refractivity contribution in [3.63, 3.8) is 0 Å². The number of anilines is 1. The van der Waals surface area contributed by atoms with E-state index >= 15 is 0 Å². The van der Waals surface area contributed by atoms with E-state index in [9.17, 15) is 4.79 Å². The largest absolute Gasteiger partial charge is 0.538 e. The van der Waals surface area contributed by atoms with Gasteiger partial charge < -0.3 is 27.2 Å². The molecule has 0 aliphatic rings. The molecule has 5 aromatic rings. The minimum absolute atomic E-state index is 0.318. The Morgan fingerprint density at radius 1 is 0.812 bits per heavy atom. The van der Waals surface area contributed by atoms with Crippen LogP contribution in [0.5, 0.6) is 0 Å². The summed E-state index contributed by atoms with van der Waals surface area (Å²) in [5.74, 6) is 0. The Morgan fingerprint density at radius 3 is 2.08 bits per heavy atom. The van der Waals surface area contributed by atoms with E-state index in [1.54, 1.807) is 22.7 Å². The van der Waals surface area contributed by atoms with E-state index in [2.05, 4.69) is 82.3 Å². The summed E-state index contributed by atoms with van der Waals surface area (Å²) in [5, 5.41) is 2.01. The second-order valence-corrected chi connectivity index (χ2v) is 16.6. The van der Waals surface area contributed by atoms with Gasteiger partial charge in [0.15, 0.2) is 0 Å². The van der Waals surface area contributed by atoms with Crippen LogP contribution in [0.1, 0.15) is 66.8 Å². The highest BCUT2D eigenvalue weighted by molar-refractivity contribution is 7.18. The monoisotopic (exact) mass is 704 g/mol. The fourth-order valence-electron chi connectivity index (χ4n) is 6.60. The topological polar surface area (TPSA) is 66.1 Å². The average Bonchev–Trinajstić information content (AvgIpc) is 3.70. The maximum atomic E-state index is 13.2. The molecular weight excluding hydrogens is 657 g/mol. The maximum absolute atomic E-state index is 13.2. The molecule has 0 saturated carbocycles. The molecule has 0 radical (unpaired) electrons. The van der Waals surface area contributed by atoms with Crippen LogP contribution < -0.4 is 15.7 Å². The molecule has 0 N–H and O–H groups in total. The van der Waals surface area contributed by atoms with Gasteiger partial charge in [0, 0.05) is 82.6 Å². The lowest BCUT2D eigenvalue weighted by Gasteiger charge is -2.29. The fourth-order valence-corrected chi connectivity index (χ4v) is 12.2. The minimum Gasteiger partial charge on any atom is -0.422 e. The normalized spacial score (nSPS) is 12.2. The molecule has 0 unspecified atom stereocenters. The number of nitrogens with zero attached hydrogens (tertiary/aromatic N) is 2. The molecule has 0 amide bonds. The third-order valence-electron chi connectivity index (χ3n) is 9.01. The number of thiophene rings is 2. The van der Waals surface area contributed by atoms with Crippen LogP contribution in [-0.2, 0) is 20.3 Å². The zero-order valence-corrected chi connectivity index (χ0v) is 32.5. The van der Waals surface area contributed by atoms with Gasteiger partial charge in [0.25, 0.3) is 0 Å². The lowest BCUT2D eigenvalue weighted by atomic mass is 10.1. The molecular formula is C38H48N2O5S2Si. The summed E-state index contributed by atoms with van der Waals surface area (Å²) in [4.78, 5) is 19.8. The van der Waals surface area contributed by atoms with Crippen molar-refractivity contribution in [3.8, 4) is 21.0 Å². The zero-order valence-electron chi connectivity index (χ0n) is 29.9. The zero-order chi connectivity index (χ0) is 34.7. The second kappa shape index (κ2) is 15.1. The number of hydrogen-bond acceptors (Lipinski definition) is 8. The summed E-state index contributed by atoms with van der Waals surface area (Å²) in [6.45, 7) is 22.2. The van der Waals surface area contributed by atoms with E-state index in [0.717, 1.165) is 56.1 Å². The van der Waals surface area contributed by atoms with Crippen molar-refractivity contribution in [2.24, 2.45) is 7.05 Å². The van der Waals surface area contributed by atoms with Crippen molar-refractivity contribution in [1.29, 1.82) is 0 Å². The minimum atomic E-state index is -3.03. The van der Waals surface area contributed by atoms with Crippen LogP contribution in [0.2, 0.25) is 0 Å². The van der Waals surface area contributed by atoms with Crippen LogP contribution in [0.4, 0.5) is 5.69 Å². The van der Waals surface area contributed by atoms with Gasteiger partial charge in [-0.2, -0.15) is 0 Å². The van der Waals surface area contributed by atoms with Gasteiger partial charge in [-0.05, 0) is 121 Å². The number of fused-ring (bicyclic) bond motifs is 1. The Bertz CT molecular complexity index is 1980. The SMILES string of the molecule is CCO[Si](OCC)(OCC)c1c(C)sc(/C=C/c2c(C)c(C)c(-c3ccc(-c4cc5ccc(N(CC)CC)cc5oc4=O)s3)n2C)c1C. The van der Waals surface area contributed by atoms with E-state index in [-0.39, 0.29) is 5.63 Å². The summed E-state index contributed by atoms with van der Waals surface area (Å²) in [7, 11) is -0.920. The van der Waals surface area contributed by atoms with Crippen LogP contribution in [0.3, 0.4) is 0 Å². The van der Waals surface area contributed by atoms with Gasteiger partial charge in [-0.25, -0.2) is 4.79 Å². The molecule has 48 heavy (non-hydrogen) atoms. The first-order valence-electron chi connectivity index (χ1n) is 16.8. The van der Waals surface area contributed by atoms with Crippen LogP contribution in [0.15, 0.2) is 45.6 Å². The molecule has 7 nitrogen and oxygen atoms in total. The number of rotatable bonds is 14. The first-order valence-corrected chi connectivity index (χ1v) is 20.2. The Morgan fingerprint density at radius 2 is 1.46 bits per heavy atom. The molecule has 0 bridgehead atoms. The van der Waals surface area contributed by atoms with Gasteiger partial charge in [0.1, 0.15) is 5.58 Å². The highest BCUT2D eigenvalue weighted by Gasteiger charge is 2.47. The molecule has 256 valence electrons. The molecule has 5 rings (SSSR count). The molecule has 1 aromatic carbocycles. The van der Waals surface area contributed by atoms with Gasteiger partial charge in [-0.1, -0.05) is 0 Å². The lowest BCUT2D eigenvalue weighted by molar-refractivity contribution is 0.0858. The van der Waals surface area contributed by atoms with Crippen LogP contribution in [0, 0.1) is 27.7 Å². The predicted octanol–water partition coefficient (Wildman–Crippen LogP) is 9.09. The van der Waals surface area contributed by atoms with Gasteiger partial charge in [-0.3, -0.25) is 0 Å². The standard InChI is InChI=1S/C38H48N2O5S2Si/c1-11-40(12-2)29-17-16-28-22-30(38(41)45-32(28)23-29)34-20-21-35(47-34)36-25(7)24(6)31(39(36)10)18-19-33-26(8)37(27(9)46-33)48(42-13-3,43-14-4)44-15-5/h16-23H,11-15H2,1-10H3/b19-18+. The highest BCUT2D eigenvalue weighted by Crippen LogP contribution is 2.39. The fraction of sp³-hybridized carbons (Fsp3) is 0.395. The number of aromatic nitrogens is 1. The summed E-state index contributed by atoms with van der Waals surface area (Å²) in [5.41, 5.74) is 7.82. The van der Waals surface area contributed by atoms with Crippen molar-refractivity contribution in [2.75, 3.05) is 37.8 Å². The van der Waals surface area contributed by atoms with Crippen molar-refractivity contribution in [3.05, 3.63) is 79.0 Å². The number of hydrogen-bond donors (Lipinski definition) is 0. The Balaban J connectivity index is 1.48. The summed E-state index contributed by atoms with van der Waals surface area (Å²) >= 11 is 3.37. The molecule has 0 spiro atoms. The maximum Gasteiger partial charge on any atom is 0.538 e. The van der Waals surface area contributed by atoms with E-state index < -0.39 is 8.80 Å². The molecule has 0 fully saturated rings. The quantitative estimate of drug-likeness (QED) is 0.0849. The lowest BCUT2D eigenvalue weighted by Crippen LogP contribution is -2.58. The van der Waals surface area contributed by atoms with Crippen LogP contribution >= 0.6 is 22.7 Å². The summed E-state index contributed by atoms with van der Waals surface area (Å²) < 4.78 is 26.9. The van der Waals surface area contributed by atoms with Crippen molar-refractivity contribution >= 4 is 65.5 Å². The first kappa shape index (κ1) is 36.0. The Hall–Kier alpha value is -3.25. The molecule has 0 aliphatic heterocycles. The van der Waals surface area contributed by atoms with E-state index in [1.807, 2.05) is 45.0 Å². The number of aryl methyl sites for hydroxylation is 1. The van der Waals surface area contributed by atoms with Crippen LogP contribution in [-0.4, -0.2) is 46.3 Å². The van der Waals surface area contributed by atoms with Gasteiger partial charge in [0.05, 0.1) is 16.1 Å². The molecule has 4 aromatic heterocycles. The smallest absolute Gasteiger partial charge is 0.422 e. The highest BCUT2D eigenvalue weighted by atomic mass is 32.1. The van der Waals surface area contributed by atoms with Gasteiger partial charge in [-0.15, -0.1) is 22.7 Å². The third-order valence-corrected chi connectivity index (χ3v) is 14.9. The molecule has 0 saturated heterocycles. The first-order chi connectivity index (χ1) is 23.0. The Kier molecular flexibility index (Phi) is 11.3. The second-order valence-electron chi connectivity index (χ2n) is 11.8. The molecule has 0 atom stereocenters. The van der Waals surface area contributed by atoms with E-state index in [4.69, 9.17) is 17.7 Å². The van der Waals surface area contributed by atoms with E-state index in [1.165, 1.54) is 20.9 Å². The van der Waals surface area contributed by atoms with Crippen molar-refractivity contribution in [2.45, 2.75) is 62.3 Å². The molecule has 0 aliphatic carbocycles. The van der Waals surface area contributed by atoms with E-state index in [0.29, 0.717) is 31.0 Å². The third kappa shape index (κ3) is 6.66. The average molecular weight is 705 g/mol. The summed E-state index contributed by atoms with van der Waals surface area (Å²) in [6.07, 6.45) is 4.41.